The highest BCUT2D eigenvalue weighted by atomic mass is 35.5. The van der Waals surface area contributed by atoms with Crippen LogP contribution in [0.3, 0.4) is 0 Å². The number of amides is 1. The van der Waals surface area contributed by atoms with Crippen molar-refractivity contribution in [1.29, 1.82) is 0 Å². The van der Waals surface area contributed by atoms with Crippen LogP contribution >= 0.6 is 11.6 Å². The zero-order valence-corrected chi connectivity index (χ0v) is 10.2. The van der Waals surface area contributed by atoms with Crippen molar-refractivity contribution < 1.29 is 4.79 Å². The summed E-state index contributed by atoms with van der Waals surface area (Å²) < 4.78 is 0. The number of rotatable bonds is 1. The molecule has 2 rings (SSSR count). The van der Waals surface area contributed by atoms with E-state index in [4.69, 9.17) is 17.3 Å². The quantitative estimate of drug-likeness (QED) is 0.815. The second kappa shape index (κ2) is 3.75. The molecule has 1 amide bonds. The summed E-state index contributed by atoms with van der Waals surface area (Å²) in [5.74, 6) is 0.0553. The van der Waals surface area contributed by atoms with E-state index in [2.05, 4.69) is 0 Å². The predicted molar refractivity (Wildman–Crippen MR) is 65.6 cm³/mol. The minimum absolute atomic E-state index is 0.0553. The van der Waals surface area contributed by atoms with Crippen LogP contribution < -0.4 is 10.6 Å². The van der Waals surface area contributed by atoms with Crippen molar-refractivity contribution in [1.82, 2.24) is 0 Å². The van der Waals surface area contributed by atoms with Gasteiger partial charge in [0.15, 0.2) is 0 Å². The average molecular weight is 239 g/mol. The van der Waals surface area contributed by atoms with Crippen LogP contribution in [0.25, 0.3) is 0 Å². The molecule has 1 fully saturated rings. The molecule has 0 bridgehead atoms. The number of carbonyl (C=O) groups is 1. The van der Waals surface area contributed by atoms with Gasteiger partial charge in [0.2, 0.25) is 5.91 Å². The van der Waals surface area contributed by atoms with Crippen molar-refractivity contribution >= 4 is 23.2 Å². The Kier molecular flexibility index (Phi) is 2.68. The van der Waals surface area contributed by atoms with E-state index < -0.39 is 0 Å². The van der Waals surface area contributed by atoms with E-state index in [0.717, 1.165) is 5.69 Å². The molecule has 0 aliphatic carbocycles. The molecule has 0 aromatic heterocycles. The van der Waals surface area contributed by atoms with Crippen LogP contribution in [-0.2, 0) is 4.79 Å². The largest absolute Gasteiger partial charge is 0.325 e. The van der Waals surface area contributed by atoms with Crippen LogP contribution in [0.2, 0.25) is 5.02 Å². The van der Waals surface area contributed by atoms with E-state index in [9.17, 15) is 4.79 Å². The summed E-state index contributed by atoms with van der Waals surface area (Å²) in [7, 11) is 0. The molecule has 3 nitrogen and oxygen atoms in total. The van der Waals surface area contributed by atoms with Crippen LogP contribution in [0, 0.1) is 0 Å². The number of carbonyl (C=O) groups excluding carboxylic acids is 1. The number of hydrogen-bond acceptors (Lipinski definition) is 2. The first kappa shape index (κ1) is 11.4. The third-order valence-corrected chi connectivity index (χ3v) is 3.43. The molecule has 1 aromatic carbocycles. The number of nitrogens with zero attached hydrogens (tertiary/aromatic N) is 1. The monoisotopic (exact) mass is 238 g/mol. The van der Waals surface area contributed by atoms with Gasteiger partial charge in [-0.3, -0.25) is 4.79 Å². The lowest BCUT2D eigenvalue weighted by molar-refractivity contribution is -0.117. The van der Waals surface area contributed by atoms with Crippen molar-refractivity contribution in [2.45, 2.75) is 31.8 Å². The SMILES string of the molecule is CC1(C)C(N)CC(=O)N1c1cccc(Cl)c1. The molecule has 0 spiro atoms. The van der Waals surface area contributed by atoms with Gasteiger partial charge in [-0.25, -0.2) is 0 Å². The molecule has 0 radical (unpaired) electrons. The van der Waals surface area contributed by atoms with Gasteiger partial charge in [-0.15, -0.1) is 0 Å². The van der Waals surface area contributed by atoms with Gasteiger partial charge < -0.3 is 10.6 Å². The Labute approximate surface area is 100 Å². The highest BCUT2D eigenvalue weighted by Gasteiger charge is 2.44. The van der Waals surface area contributed by atoms with Gasteiger partial charge in [-0.05, 0) is 32.0 Å². The molecular weight excluding hydrogens is 224 g/mol. The fourth-order valence-electron chi connectivity index (χ4n) is 2.11. The third-order valence-electron chi connectivity index (χ3n) is 3.19. The first-order valence-corrected chi connectivity index (χ1v) is 5.65. The van der Waals surface area contributed by atoms with E-state index >= 15 is 0 Å². The lowest BCUT2D eigenvalue weighted by Gasteiger charge is -2.34. The predicted octanol–water partition coefficient (Wildman–Crippen LogP) is 2.18. The van der Waals surface area contributed by atoms with Crippen molar-refractivity contribution in [3.8, 4) is 0 Å². The molecule has 2 N–H and O–H groups in total. The molecule has 4 heteroatoms. The minimum atomic E-state index is -0.359. The highest BCUT2D eigenvalue weighted by molar-refractivity contribution is 6.31. The zero-order valence-electron chi connectivity index (χ0n) is 9.40. The maximum atomic E-state index is 11.9. The lowest BCUT2D eigenvalue weighted by atomic mass is 9.96. The van der Waals surface area contributed by atoms with Crippen molar-refractivity contribution in [2.75, 3.05) is 4.90 Å². The number of anilines is 1. The molecule has 1 atom stereocenters. The van der Waals surface area contributed by atoms with Gasteiger partial charge in [0.25, 0.3) is 0 Å². The number of nitrogens with two attached hydrogens (primary N) is 1. The van der Waals surface area contributed by atoms with Crippen molar-refractivity contribution in [3.05, 3.63) is 29.3 Å². The average Bonchev–Trinajstić information content (AvgIpc) is 2.36. The van der Waals surface area contributed by atoms with Crippen molar-refractivity contribution in [2.24, 2.45) is 5.73 Å². The Bertz CT molecular complexity index is 431. The third kappa shape index (κ3) is 1.70. The smallest absolute Gasteiger partial charge is 0.229 e. The van der Waals surface area contributed by atoms with Gasteiger partial charge in [-0.1, -0.05) is 17.7 Å². The van der Waals surface area contributed by atoms with Crippen LogP contribution in [-0.4, -0.2) is 17.5 Å². The highest BCUT2D eigenvalue weighted by Crippen LogP contribution is 2.34. The molecule has 1 unspecified atom stereocenters. The van der Waals surface area contributed by atoms with E-state index in [1.165, 1.54) is 0 Å². The molecular formula is C12H15ClN2O. The molecule has 1 aliphatic rings. The maximum Gasteiger partial charge on any atom is 0.229 e. The van der Waals surface area contributed by atoms with Gasteiger partial charge in [-0.2, -0.15) is 0 Å². The Balaban J connectivity index is 2.44. The molecule has 16 heavy (non-hydrogen) atoms. The molecule has 1 aromatic rings. The van der Waals surface area contributed by atoms with Gasteiger partial charge in [0.05, 0.1) is 5.54 Å². The number of halogens is 1. The van der Waals surface area contributed by atoms with Crippen LogP contribution in [0.1, 0.15) is 20.3 Å². The van der Waals surface area contributed by atoms with E-state index in [1.54, 1.807) is 17.0 Å². The maximum absolute atomic E-state index is 11.9. The van der Waals surface area contributed by atoms with E-state index in [0.29, 0.717) is 11.4 Å². The Hall–Kier alpha value is -1.06. The molecule has 86 valence electrons. The van der Waals surface area contributed by atoms with Gasteiger partial charge in [0, 0.05) is 23.2 Å². The first-order valence-electron chi connectivity index (χ1n) is 5.27. The molecule has 1 saturated heterocycles. The van der Waals surface area contributed by atoms with Gasteiger partial charge in [0.1, 0.15) is 0 Å². The summed E-state index contributed by atoms with van der Waals surface area (Å²) in [6.07, 6.45) is 0.388. The van der Waals surface area contributed by atoms with Crippen LogP contribution in [0.15, 0.2) is 24.3 Å². The van der Waals surface area contributed by atoms with Crippen molar-refractivity contribution in [3.63, 3.8) is 0 Å². The summed E-state index contributed by atoms with van der Waals surface area (Å²) in [6.45, 7) is 3.95. The Morgan fingerprint density at radius 1 is 1.50 bits per heavy atom. The fraction of sp³-hybridized carbons (Fsp3) is 0.417. The topological polar surface area (TPSA) is 46.3 Å². The van der Waals surface area contributed by atoms with Gasteiger partial charge >= 0.3 is 0 Å². The van der Waals surface area contributed by atoms with E-state index in [1.807, 2.05) is 26.0 Å². The van der Waals surface area contributed by atoms with E-state index in [-0.39, 0.29) is 17.5 Å². The number of hydrogen-bond donors (Lipinski definition) is 1. The van der Waals surface area contributed by atoms with Crippen LogP contribution in [0.5, 0.6) is 0 Å². The second-order valence-electron chi connectivity index (χ2n) is 4.67. The summed E-state index contributed by atoms with van der Waals surface area (Å²) in [6, 6.07) is 7.16. The summed E-state index contributed by atoms with van der Waals surface area (Å²) >= 11 is 5.93. The Morgan fingerprint density at radius 3 is 2.69 bits per heavy atom. The minimum Gasteiger partial charge on any atom is -0.325 e. The standard InChI is InChI=1S/C12H15ClN2O/c1-12(2)10(14)7-11(16)15(12)9-5-3-4-8(13)6-9/h3-6,10H,7,14H2,1-2H3. The zero-order chi connectivity index (χ0) is 11.9. The van der Waals surface area contributed by atoms with Crippen LogP contribution in [0.4, 0.5) is 5.69 Å². The molecule has 0 saturated carbocycles. The summed E-state index contributed by atoms with van der Waals surface area (Å²) in [4.78, 5) is 13.7. The summed E-state index contributed by atoms with van der Waals surface area (Å²) in [5.41, 5.74) is 6.43. The Morgan fingerprint density at radius 2 is 2.19 bits per heavy atom. The fourth-order valence-corrected chi connectivity index (χ4v) is 2.29. The molecule has 1 heterocycles. The number of benzene rings is 1. The second-order valence-corrected chi connectivity index (χ2v) is 5.11. The molecule has 1 aliphatic heterocycles. The first-order chi connectivity index (χ1) is 7.43. The lowest BCUT2D eigenvalue weighted by Crippen LogP contribution is -2.49. The summed E-state index contributed by atoms with van der Waals surface area (Å²) in [5, 5.41) is 0.626. The normalized spacial score (nSPS) is 23.9.